The molecule has 0 aliphatic carbocycles. The summed E-state index contributed by atoms with van der Waals surface area (Å²) in [4.78, 5) is 21.6. The van der Waals surface area contributed by atoms with E-state index in [2.05, 4.69) is 27.1 Å². The molecular weight excluding hydrogens is 318 g/mol. The molecule has 0 radical (unpaired) electrons. The standard InChI is InChI=1S/C17H19N7O/c1-3-9-22-11-19-15-13(22)16-21-20-14(12-5-7-18-8-6-12)24(16)17(25)23(15)10-4-2/h5-8,11H,3-4,9-10H2,1-2H3. The highest BCUT2D eigenvalue weighted by Crippen LogP contribution is 2.22. The van der Waals surface area contributed by atoms with Crippen molar-refractivity contribution in [2.75, 3.05) is 0 Å². The van der Waals surface area contributed by atoms with Crippen LogP contribution in [0, 0.1) is 0 Å². The largest absolute Gasteiger partial charge is 0.337 e. The lowest BCUT2D eigenvalue weighted by molar-refractivity contribution is 0.647. The Kier molecular flexibility index (Phi) is 3.79. The third-order valence-electron chi connectivity index (χ3n) is 4.22. The molecule has 0 aliphatic heterocycles. The second-order valence-corrected chi connectivity index (χ2v) is 5.96. The number of aromatic nitrogens is 7. The second kappa shape index (κ2) is 6.12. The molecule has 0 saturated carbocycles. The molecule has 4 aromatic heterocycles. The smallest absolute Gasteiger partial charge is 0.326 e. The minimum atomic E-state index is -0.164. The number of hydrogen-bond donors (Lipinski definition) is 0. The summed E-state index contributed by atoms with van der Waals surface area (Å²) < 4.78 is 5.34. The van der Waals surface area contributed by atoms with Crippen LogP contribution in [0.25, 0.3) is 28.2 Å². The number of rotatable bonds is 5. The maximum absolute atomic E-state index is 13.1. The van der Waals surface area contributed by atoms with E-state index in [0.717, 1.165) is 30.5 Å². The van der Waals surface area contributed by atoms with Crippen LogP contribution in [0.5, 0.6) is 0 Å². The van der Waals surface area contributed by atoms with Crippen LogP contribution >= 0.6 is 0 Å². The third-order valence-corrected chi connectivity index (χ3v) is 4.22. The van der Waals surface area contributed by atoms with Crippen LogP contribution < -0.4 is 5.69 Å². The quantitative estimate of drug-likeness (QED) is 0.557. The van der Waals surface area contributed by atoms with Gasteiger partial charge >= 0.3 is 5.69 Å². The fraction of sp³-hybridized carbons (Fsp3) is 0.353. The minimum absolute atomic E-state index is 0.164. The van der Waals surface area contributed by atoms with Gasteiger partial charge in [0.15, 0.2) is 17.1 Å². The van der Waals surface area contributed by atoms with Gasteiger partial charge in [-0.1, -0.05) is 13.8 Å². The van der Waals surface area contributed by atoms with E-state index >= 15 is 0 Å². The summed E-state index contributed by atoms with van der Waals surface area (Å²) in [5.41, 5.74) is 2.71. The first-order valence-electron chi connectivity index (χ1n) is 8.49. The van der Waals surface area contributed by atoms with Crippen LogP contribution in [-0.4, -0.2) is 33.7 Å². The molecule has 0 fully saturated rings. The highest BCUT2D eigenvalue weighted by atomic mass is 16.1. The van der Waals surface area contributed by atoms with Crippen LogP contribution in [0.15, 0.2) is 35.6 Å². The Hall–Kier alpha value is -3.03. The number of aryl methyl sites for hydroxylation is 2. The Bertz CT molecular complexity index is 1090. The van der Waals surface area contributed by atoms with Crippen molar-refractivity contribution in [1.82, 2.24) is 33.7 Å². The Morgan fingerprint density at radius 1 is 1.00 bits per heavy atom. The summed E-state index contributed by atoms with van der Waals surface area (Å²) in [6.45, 7) is 5.56. The predicted octanol–water partition coefficient (Wildman–Crippen LogP) is 2.12. The van der Waals surface area contributed by atoms with Crippen molar-refractivity contribution < 1.29 is 0 Å². The lowest BCUT2D eigenvalue weighted by atomic mass is 10.2. The molecule has 4 aromatic rings. The van der Waals surface area contributed by atoms with Crippen LogP contribution in [0.3, 0.4) is 0 Å². The van der Waals surface area contributed by atoms with E-state index in [1.54, 1.807) is 27.7 Å². The van der Waals surface area contributed by atoms with Gasteiger partial charge in [0.25, 0.3) is 0 Å². The van der Waals surface area contributed by atoms with E-state index in [1.165, 1.54) is 0 Å². The third kappa shape index (κ3) is 2.33. The number of pyridine rings is 1. The molecule has 0 saturated heterocycles. The lowest BCUT2D eigenvalue weighted by Gasteiger charge is -2.09. The second-order valence-electron chi connectivity index (χ2n) is 5.96. The van der Waals surface area contributed by atoms with E-state index in [4.69, 9.17) is 0 Å². The summed E-state index contributed by atoms with van der Waals surface area (Å²) in [7, 11) is 0. The molecule has 8 nitrogen and oxygen atoms in total. The molecule has 0 spiro atoms. The first-order valence-corrected chi connectivity index (χ1v) is 8.49. The van der Waals surface area contributed by atoms with E-state index in [-0.39, 0.29) is 5.69 Å². The Morgan fingerprint density at radius 3 is 2.48 bits per heavy atom. The van der Waals surface area contributed by atoms with Crippen molar-refractivity contribution in [2.24, 2.45) is 0 Å². The summed E-state index contributed by atoms with van der Waals surface area (Å²) in [6.07, 6.45) is 6.95. The maximum atomic E-state index is 13.1. The number of hydrogen-bond acceptors (Lipinski definition) is 5. The maximum Gasteiger partial charge on any atom is 0.337 e. The molecule has 4 rings (SSSR count). The van der Waals surface area contributed by atoms with Crippen LogP contribution in [-0.2, 0) is 13.1 Å². The molecule has 4 heterocycles. The van der Waals surface area contributed by atoms with Crippen LogP contribution in [0.2, 0.25) is 0 Å². The first kappa shape index (κ1) is 15.5. The summed E-state index contributed by atoms with van der Waals surface area (Å²) >= 11 is 0. The van der Waals surface area contributed by atoms with Gasteiger partial charge in [-0.25, -0.2) is 14.2 Å². The van der Waals surface area contributed by atoms with Gasteiger partial charge in [-0.05, 0) is 25.0 Å². The normalized spacial score (nSPS) is 11.6. The molecule has 128 valence electrons. The van der Waals surface area contributed by atoms with Gasteiger partial charge < -0.3 is 4.57 Å². The molecular formula is C17H19N7O. The highest BCUT2D eigenvalue weighted by molar-refractivity contribution is 5.87. The first-order chi connectivity index (χ1) is 12.3. The average molecular weight is 337 g/mol. The van der Waals surface area contributed by atoms with Gasteiger partial charge in [-0.2, -0.15) is 0 Å². The van der Waals surface area contributed by atoms with Crippen molar-refractivity contribution in [1.29, 1.82) is 0 Å². The van der Waals surface area contributed by atoms with Crippen molar-refractivity contribution >= 4 is 16.8 Å². The van der Waals surface area contributed by atoms with E-state index < -0.39 is 0 Å². The Balaban J connectivity index is 2.13. The molecule has 0 unspecified atom stereocenters. The molecule has 0 aliphatic rings. The van der Waals surface area contributed by atoms with Gasteiger partial charge in [0.05, 0.1) is 6.33 Å². The topological polar surface area (TPSA) is 82.9 Å². The zero-order chi connectivity index (χ0) is 17.4. The minimum Gasteiger partial charge on any atom is -0.326 e. The molecule has 0 amide bonds. The number of nitrogens with zero attached hydrogens (tertiary/aromatic N) is 7. The van der Waals surface area contributed by atoms with Gasteiger partial charge in [0, 0.05) is 31.0 Å². The van der Waals surface area contributed by atoms with Crippen molar-refractivity contribution in [2.45, 2.75) is 39.8 Å². The van der Waals surface area contributed by atoms with Crippen LogP contribution in [0.4, 0.5) is 0 Å². The molecule has 0 N–H and O–H groups in total. The van der Waals surface area contributed by atoms with E-state index in [9.17, 15) is 4.79 Å². The summed E-state index contributed by atoms with van der Waals surface area (Å²) in [5, 5.41) is 8.61. The molecule has 0 aromatic carbocycles. The summed E-state index contributed by atoms with van der Waals surface area (Å²) in [6, 6.07) is 3.65. The SMILES string of the molecule is CCCn1cnc2c1c1nnc(-c3ccncc3)n1c(=O)n2CCC. The zero-order valence-corrected chi connectivity index (χ0v) is 14.3. The van der Waals surface area contributed by atoms with E-state index in [0.29, 0.717) is 23.7 Å². The zero-order valence-electron chi connectivity index (χ0n) is 14.3. The lowest BCUT2D eigenvalue weighted by Crippen LogP contribution is -2.28. The fourth-order valence-corrected chi connectivity index (χ4v) is 3.15. The monoisotopic (exact) mass is 337 g/mol. The van der Waals surface area contributed by atoms with Crippen molar-refractivity contribution in [3.05, 3.63) is 41.3 Å². The van der Waals surface area contributed by atoms with Crippen molar-refractivity contribution in [3.8, 4) is 11.4 Å². The Morgan fingerprint density at radius 2 is 1.76 bits per heavy atom. The van der Waals surface area contributed by atoms with Gasteiger partial charge in [-0.3, -0.25) is 9.55 Å². The molecule has 0 bridgehead atoms. The predicted molar refractivity (Wildman–Crippen MR) is 94.4 cm³/mol. The highest BCUT2D eigenvalue weighted by Gasteiger charge is 2.20. The average Bonchev–Trinajstić information content (AvgIpc) is 3.24. The van der Waals surface area contributed by atoms with Crippen molar-refractivity contribution in [3.63, 3.8) is 0 Å². The van der Waals surface area contributed by atoms with Gasteiger partial charge in [0.2, 0.25) is 0 Å². The summed E-state index contributed by atoms with van der Waals surface area (Å²) in [5.74, 6) is 0.526. The van der Waals surface area contributed by atoms with Gasteiger partial charge in [-0.15, -0.1) is 10.2 Å². The fourth-order valence-electron chi connectivity index (χ4n) is 3.15. The molecule has 0 atom stereocenters. The van der Waals surface area contributed by atoms with Gasteiger partial charge in [0.1, 0.15) is 5.52 Å². The van der Waals surface area contributed by atoms with E-state index in [1.807, 2.05) is 23.6 Å². The number of fused-ring (bicyclic) bond motifs is 3. The number of imidazole rings is 1. The molecule has 8 heteroatoms. The molecule has 25 heavy (non-hydrogen) atoms. The Labute approximate surface area is 143 Å². The van der Waals surface area contributed by atoms with Crippen LogP contribution in [0.1, 0.15) is 26.7 Å².